The van der Waals surface area contributed by atoms with E-state index in [1.165, 1.54) is 12.4 Å². The Hall–Kier alpha value is -1.01. The number of alkyl halides is 2. The highest BCUT2D eigenvalue weighted by molar-refractivity contribution is 4.93. The molecule has 0 unspecified atom stereocenters. The third-order valence-corrected chi connectivity index (χ3v) is 3.71. The molecule has 0 radical (unpaired) electrons. The van der Waals surface area contributed by atoms with Gasteiger partial charge in [0.05, 0.1) is 6.54 Å². The average molecular weight is 258 g/mol. The fourth-order valence-corrected chi connectivity index (χ4v) is 2.54. The van der Waals surface area contributed by atoms with Crippen molar-refractivity contribution in [2.45, 2.75) is 50.9 Å². The fourth-order valence-electron chi connectivity index (χ4n) is 2.54. The molecule has 0 atom stereocenters. The van der Waals surface area contributed by atoms with Crippen LogP contribution in [-0.2, 0) is 6.54 Å². The smallest absolute Gasteiger partial charge is 0.319 e. The van der Waals surface area contributed by atoms with Gasteiger partial charge in [-0.05, 0) is 32.7 Å². The molecule has 4 nitrogen and oxygen atoms in total. The minimum Gasteiger partial charge on any atom is -0.328 e. The van der Waals surface area contributed by atoms with Gasteiger partial charge in [0.2, 0.25) is 0 Å². The molecule has 102 valence electrons. The van der Waals surface area contributed by atoms with Crippen LogP contribution in [0.15, 0.2) is 12.4 Å². The van der Waals surface area contributed by atoms with Crippen molar-refractivity contribution >= 4 is 0 Å². The first kappa shape index (κ1) is 13.4. The number of nitrogens with zero attached hydrogens (tertiary/aromatic N) is 3. The number of rotatable bonds is 4. The van der Waals surface area contributed by atoms with Crippen LogP contribution in [0.25, 0.3) is 0 Å². The van der Waals surface area contributed by atoms with E-state index < -0.39 is 6.55 Å². The Morgan fingerprint density at radius 2 is 2.11 bits per heavy atom. The fraction of sp³-hybridized carbons (Fsp3) is 0.750. The zero-order valence-corrected chi connectivity index (χ0v) is 10.6. The van der Waals surface area contributed by atoms with Crippen molar-refractivity contribution in [1.82, 2.24) is 14.5 Å². The first-order valence-electron chi connectivity index (χ1n) is 6.33. The van der Waals surface area contributed by atoms with Gasteiger partial charge in [0.15, 0.2) is 0 Å². The van der Waals surface area contributed by atoms with Crippen molar-refractivity contribution in [3.05, 3.63) is 18.2 Å². The molecule has 1 aliphatic rings. The third kappa shape index (κ3) is 3.05. The first-order valence-corrected chi connectivity index (χ1v) is 6.33. The van der Waals surface area contributed by atoms with E-state index in [1.54, 1.807) is 0 Å². The number of imidazole rings is 1. The van der Waals surface area contributed by atoms with E-state index in [4.69, 9.17) is 5.73 Å². The molecule has 1 heterocycles. The second kappa shape index (κ2) is 5.75. The molecule has 1 fully saturated rings. The average Bonchev–Trinajstić information content (AvgIpc) is 2.78. The lowest BCUT2D eigenvalue weighted by Gasteiger charge is -2.33. The van der Waals surface area contributed by atoms with Crippen molar-refractivity contribution in [1.29, 1.82) is 0 Å². The molecule has 1 saturated carbocycles. The normalized spacial score (nSPS) is 25.0. The number of hydrogen-bond acceptors (Lipinski definition) is 3. The summed E-state index contributed by atoms with van der Waals surface area (Å²) in [5, 5.41) is 0. The van der Waals surface area contributed by atoms with Gasteiger partial charge in [-0.3, -0.25) is 9.47 Å². The van der Waals surface area contributed by atoms with E-state index in [2.05, 4.69) is 9.88 Å². The first-order chi connectivity index (χ1) is 8.58. The predicted octanol–water partition coefficient (Wildman–Crippen LogP) is 1.98. The van der Waals surface area contributed by atoms with Crippen molar-refractivity contribution in [2.24, 2.45) is 5.73 Å². The zero-order chi connectivity index (χ0) is 13.1. The Morgan fingerprint density at radius 3 is 2.72 bits per heavy atom. The maximum Gasteiger partial charge on any atom is 0.319 e. The molecule has 0 spiro atoms. The third-order valence-electron chi connectivity index (χ3n) is 3.71. The van der Waals surface area contributed by atoms with Crippen LogP contribution in [0.2, 0.25) is 0 Å². The summed E-state index contributed by atoms with van der Waals surface area (Å²) in [5.74, 6) is 0.419. The lowest BCUT2D eigenvalue weighted by molar-refractivity contribution is 0.0623. The number of nitrogens with two attached hydrogens (primary N) is 1. The molecule has 1 aromatic rings. The molecule has 0 aliphatic heterocycles. The van der Waals surface area contributed by atoms with E-state index in [1.807, 2.05) is 7.05 Å². The number of halogens is 2. The summed E-state index contributed by atoms with van der Waals surface area (Å²) in [7, 11) is 1.96. The summed E-state index contributed by atoms with van der Waals surface area (Å²) in [4.78, 5) is 6.11. The maximum absolute atomic E-state index is 12.7. The highest BCUT2D eigenvalue weighted by Crippen LogP contribution is 2.23. The largest absolute Gasteiger partial charge is 0.328 e. The Labute approximate surface area is 106 Å². The minimum atomic E-state index is -2.52. The lowest BCUT2D eigenvalue weighted by Crippen LogP contribution is -2.38. The van der Waals surface area contributed by atoms with E-state index in [0.717, 1.165) is 30.3 Å². The summed E-state index contributed by atoms with van der Waals surface area (Å²) in [6.45, 7) is -2.06. The molecule has 0 saturated heterocycles. The van der Waals surface area contributed by atoms with Crippen molar-refractivity contribution in [2.75, 3.05) is 7.05 Å². The van der Waals surface area contributed by atoms with Crippen LogP contribution in [0, 0.1) is 0 Å². The van der Waals surface area contributed by atoms with E-state index in [0.29, 0.717) is 24.5 Å². The molecule has 1 aromatic heterocycles. The molecule has 2 N–H and O–H groups in total. The summed E-state index contributed by atoms with van der Waals surface area (Å²) in [6.07, 6.45) is 6.84. The summed E-state index contributed by atoms with van der Waals surface area (Å²) in [5.41, 5.74) is 5.86. The molecular weight excluding hydrogens is 238 g/mol. The molecule has 0 aromatic carbocycles. The van der Waals surface area contributed by atoms with Crippen LogP contribution in [0.5, 0.6) is 0 Å². The molecule has 0 bridgehead atoms. The van der Waals surface area contributed by atoms with Gasteiger partial charge in [0.25, 0.3) is 0 Å². The van der Waals surface area contributed by atoms with Gasteiger partial charge in [0, 0.05) is 24.5 Å². The molecule has 0 amide bonds. The molecule has 2 rings (SSSR count). The van der Waals surface area contributed by atoms with Crippen molar-refractivity contribution in [3.63, 3.8) is 0 Å². The van der Waals surface area contributed by atoms with Gasteiger partial charge < -0.3 is 5.73 Å². The topological polar surface area (TPSA) is 47.1 Å². The minimum absolute atomic E-state index is 0.303. The van der Waals surface area contributed by atoms with Crippen LogP contribution >= 0.6 is 0 Å². The highest BCUT2D eigenvalue weighted by atomic mass is 19.3. The lowest BCUT2D eigenvalue weighted by atomic mass is 9.91. The Balaban J connectivity index is 1.94. The van der Waals surface area contributed by atoms with Crippen molar-refractivity contribution in [3.8, 4) is 0 Å². The molecule has 1 aliphatic carbocycles. The van der Waals surface area contributed by atoms with Crippen molar-refractivity contribution < 1.29 is 8.78 Å². The SMILES string of the molecule is CN(Cc1nccn1C(F)F)C1CCC(N)CC1. The van der Waals surface area contributed by atoms with E-state index in [-0.39, 0.29) is 0 Å². The Kier molecular flexibility index (Phi) is 4.29. The van der Waals surface area contributed by atoms with Gasteiger partial charge in [0.1, 0.15) is 5.82 Å². The van der Waals surface area contributed by atoms with Gasteiger partial charge in [-0.1, -0.05) is 0 Å². The molecule has 6 heteroatoms. The van der Waals surface area contributed by atoms with Crippen LogP contribution in [-0.4, -0.2) is 33.6 Å². The van der Waals surface area contributed by atoms with Crippen LogP contribution in [0.1, 0.15) is 38.1 Å². The van der Waals surface area contributed by atoms with E-state index >= 15 is 0 Å². The second-order valence-electron chi connectivity index (χ2n) is 5.01. The number of hydrogen-bond donors (Lipinski definition) is 1. The quantitative estimate of drug-likeness (QED) is 0.898. The summed E-state index contributed by atoms with van der Waals surface area (Å²) >= 11 is 0. The predicted molar refractivity (Wildman–Crippen MR) is 65.2 cm³/mol. The molecule has 18 heavy (non-hydrogen) atoms. The molecular formula is C12H20F2N4. The zero-order valence-electron chi connectivity index (χ0n) is 10.6. The van der Waals surface area contributed by atoms with Gasteiger partial charge >= 0.3 is 6.55 Å². The second-order valence-corrected chi connectivity index (χ2v) is 5.01. The Bertz CT molecular complexity index is 372. The van der Waals surface area contributed by atoms with E-state index in [9.17, 15) is 8.78 Å². The van der Waals surface area contributed by atoms with Gasteiger partial charge in [-0.15, -0.1) is 0 Å². The van der Waals surface area contributed by atoms with Crippen LogP contribution in [0.3, 0.4) is 0 Å². The van der Waals surface area contributed by atoms with Gasteiger partial charge in [-0.25, -0.2) is 4.98 Å². The van der Waals surface area contributed by atoms with Crippen LogP contribution in [0.4, 0.5) is 8.78 Å². The summed E-state index contributed by atoms with van der Waals surface area (Å²) < 4.78 is 26.3. The summed E-state index contributed by atoms with van der Waals surface area (Å²) in [6, 6.07) is 0.727. The van der Waals surface area contributed by atoms with Crippen LogP contribution < -0.4 is 5.73 Å². The Morgan fingerprint density at radius 1 is 1.44 bits per heavy atom. The number of aromatic nitrogens is 2. The van der Waals surface area contributed by atoms with Gasteiger partial charge in [-0.2, -0.15) is 8.78 Å². The maximum atomic E-state index is 12.7. The monoisotopic (exact) mass is 258 g/mol. The highest BCUT2D eigenvalue weighted by Gasteiger charge is 2.23. The standard InChI is InChI=1S/C12H20F2N4/c1-17(10-4-2-9(15)3-5-10)8-11-16-6-7-18(11)12(13)14/h6-7,9-10,12H,2-5,8,15H2,1H3.